The van der Waals surface area contributed by atoms with Gasteiger partial charge in [-0.05, 0) is 78.5 Å². The number of carbonyl (C=O) groups excluding carboxylic acids is 2. The molecular weight excluding hydrogens is 650 g/mol. The average molecular weight is 712 g/mol. The highest BCUT2D eigenvalue weighted by Gasteiger charge is 2.50. The van der Waals surface area contributed by atoms with Crippen LogP contribution in [0.3, 0.4) is 0 Å². The average Bonchev–Trinajstić information content (AvgIpc) is 3.07. The van der Waals surface area contributed by atoms with E-state index < -0.39 is 90.0 Å². The van der Waals surface area contributed by atoms with Gasteiger partial charge in [-0.3, -0.25) is 4.79 Å². The van der Waals surface area contributed by atoms with E-state index in [2.05, 4.69) is 10.6 Å². The van der Waals surface area contributed by atoms with Crippen LogP contribution in [0.25, 0.3) is 0 Å². The molecule has 2 heterocycles. The fraction of sp³-hybridized carbons (Fsp3) is 0.778. The number of hydrogen-bond donors (Lipinski definition) is 7. The molecule has 2 fully saturated rings. The number of aliphatic hydroxyl groups is 5. The number of carbonyl (C=O) groups is 2. The molecule has 2 amide bonds. The number of likely N-dealkylation sites (N-methyl/N-ethyl adjacent to an activating group) is 1. The summed E-state index contributed by atoms with van der Waals surface area (Å²) in [6.45, 7) is 13.6. The third-order valence-corrected chi connectivity index (χ3v) is 10.5. The standard InChI is InChI=1S/C36H61N3O11/c1-11-27-36(8,46)30(42)23(6)37-18-19(2)17-35(7,45)31(21(4)28(40)22(5)32(43)49-27)50-33-29(41)25(16-20(3)48-33)39(9)34(44)38-24-14-12-13-15-26(24)47-10/h12-15,19-23,25,27-31,33,37,40-42,45-46H,11,16-18H2,1-10H3,(H,38,44)/t19-,20-,21+,22-,23-,25+,27-,28+,29-,30-,31-,33+,35-,36-/m1/s1. The quantitative estimate of drug-likeness (QED) is 0.213. The summed E-state index contributed by atoms with van der Waals surface area (Å²) >= 11 is 0. The van der Waals surface area contributed by atoms with Crippen molar-refractivity contribution in [2.45, 2.75) is 141 Å². The van der Waals surface area contributed by atoms with Gasteiger partial charge in [0.15, 0.2) is 6.29 Å². The van der Waals surface area contributed by atoms with Crippen molar-refractivity contribution in [2.75, 3.05) is 26.0 Å². The van der Waals surface area contributed by atoms with Gasteiger partial charge < -0.3 is 60.0 Å². The maximum absolute atomic E-state index is 13.4. The minimum absolute atomic E-state index is 0.153. The monoisotopic (exact) mass is 711 g/mol. The molecule has 0 bridgehead atoms. The molecule has 0 aliphatic carbocycles. The van der Waals surface area contributed by atoms with Gasteiger partial charge in [-0.15, -0.1) is 0 Å². The van der Waals surface area contributed by atoms with Crippen LogP contribution in [0.1, 0.15) is 74.7 Å². The first-order valence-corrected chi connectivity index (χ1v) is 17.7. The van der Waals surface area contributed by atoms with Crippen molar-refractivity contribution < 1.29 is 54.1 Å². The molecule has 7 N–H and O–H groups in total. The normalized spacial score (nSPS) is 40.9. The van der Waals surface area contributed by atoms with Crippen molar-refractivity contribution in [1.29, 1.82) is 0 Å². The zero-order valence-corrected chi connectivity index (χ0v) is 31.2. The zero-order chi connectivity index (χ0) is 37.7. The zero-order valence-electron chi connectivity index (χ0n) is 31.2. The molecule has 2 aliphatic heterocycles. The predicted molar refractivity (Wildman–Crippen MR) is 186 cm³/mol. The Balaban J connectivity index is 1.93. The van der Waals surface area contributed by atoms with E-state index in [0.717, 1.165) is 0 Å². The lowest BCUT2D eigenvalue weighted by molar-refractivity contribution is -0.298. The van der Waals surface area contributed by atoms with Crippen LogP contribution in [0.2, 0.25) is 0 Å². The first kappa shape index (κ1) is 41.9. The van der Waals surface area contributed by atoms with Crippen molar-refractivity contribution in [3.05, 3.63) is 24.3 Å². The summed E-state index contributed by atoms with van der Waals surface area (Å²) in [6, 6.07) is 5.10. The second-order valence-corrected chi connectivity index (χ2v) is 14.9. The minimum atomic E-state index is -1.80. The maximum atomic E-state index is 13.4. The molecule has 0 radical (unpaired) electrons. The van der Waals surface area contributed by atoms with Gasteiger partial charge in [0.25, 0.3) is 0 Å². The van der Waals surface area contributed by atoms with Crippen LogP contribution in [-0.2, 0) is 19.0 Å². The molecular formula is C36H61N3O11. The number of rotatable bonds is 6. The number of nitrogens with one attached hydrogen (secondary N) is 2. The molecule has 50 heavy (non-hydrogen) atoms. The van der Waals surface area contributed by atoms with Crippen LogP contribution in [0.5, 0.6) is 5.75 Å². The summed E-state index contributed by atoms with van der Waals surface area (Å²) in [5.41, 5.74) is -2.97. The number of anilines is 1. The van der Waals surface area contributed by atoms with Crippen LogP contribution >= 0.6 is 0 Å². The van der Waals surface area contributed by atoms with Gasteiger partial charge in [-0.1, -0.05) is 32.9 Å². The molecule has 14 nitrogen and oxygen atoms in total. The second-order valence-electron chi connectivity index (χ2n) is 14.9. The number of nitrogens with zero attached hydrogens (tertiary/aromatic N) is 1. The smallest absolute Gasteiger partial charge is 0.322 e. The Kier molecular flexibility index (Phi) is 14.5. The number of para-hydroxylation sites is 2. The summed E-state index contributed by atoms with van der Waals surface area (Å²) in [5, 5.41) is 63.7. The fourth-order valence-corrected chi connectivity index (χ4v) is 7.34. The van der Waals surface area contributed by atoms with Gasteiger partial charge >= 0.3 is 12.0 Å². The molecule has 286 valence electrons. The van der Waals surface area contributed by atoms with E-state index in [1.54, 1.807) is 65.9 Å². The molecule has 2 saturated heterocycles. The van der Waals surface area contributed by atoms with Crippen LogP contribution in [0.4, 0.5) is 10.5 Å². The highest BCUT2D eigenvalue weighted by Crippen LogP contribution is 2.36. The van der Waals surface area contributed by atoms with Crippen LogP contribution in [0.15, 0.2) is 24.3 Å². The van der Waals surface area contributed by atoms with E-state index in [9.17, 15) is 35.1 Å². The molecule has 0 aromatic heterocycles. The Morgan fingerprint density at radius 1 is 1.08 bits per heavy atom. The number of urea groups is 1. The highest BCUT2D eigenvalue weighted by molar-refractivity contribution is 5.91. The highest BCUT2D eigenvalue weighted by atomic mass is 16.7. The summed E-state index contributed by atoms with van der Waals surface area (Å²) in [5.74, 6) is -2.55. The molecule has 0 unspecified atom stereocenters. The Hall–Kier alpha value is -2.56. The molecule has 1 aromatic carbocycles. The number of aliphatic hydroxyl groups excluding tert-OH is 3. The van der Waals surface area contributed by atoms with Crippen molar-refractivity contribution in [3.8, 4) is 5.75 Å². The Morgan fingerprint density at radius 3 is 2.34 bits per heavy atom. The lowest BCUT2D eigenvalue weighted by atomic mass is 9.78. The van der Waals surface area contributed by atoms with Crippen molar-refractivity contribution >= 4 is 17.7 Å². The molecule has 0 saturated carbocycles. The summed E-state index contributed by atoms with van der Waals surface area (Å²) in [6.07, 6.45) is -7.43. The van der Waals surface area contributed by atoms with Crippen molar-refractivity contribution in [3.63, 3.8) is 0 Å². The van der Waals surface area contributed by atoms with Crippen molar-refractivity contribution in [1.82, 2.24) is 10.2 Å². The van der Waals surface area contributed by atoms with Gasteiger partial charge in [0.1, 0.15) is 29.7 Å². The SMILES string of the molecule is CC[C@H]1OC(=O)[C@H](C)[C@@H](O)[C@H](C)[C@@H](O[C@@H]2O[C@H](C)C[C@H](N(C)C(=O)Nc3ccccc3OC)[C@H]2O)[C@](C)(O)C[C@@H](C)CN[C@H](C)[C@@H](O)[C@]1(C)O. The van der Waals surface area contributed by atoms with Gasteiger partial charge in [0.2, 0.25) is 0 Å². The first-order chi connectivity index (χ1) is 23.3. The number of esters is 1. The number of methoxy groups -OCH3 is 1. The molecule has 0 spiro atoms. The van der Waals surface area contributed by atoms with E-state index in [0.29, 0.717) is 18.0 Å². The van der Waals surface area contributed by atoms with E-state index in [4.69, 9.17) is 18.9 Å². The predicted octanol–water partition coefficient (Wildman–Crippen LogP) is 2.24. The van der Waals surface area contributed by atoms with E-state index in [1.807, 2.05) is 6.92 Å². The lowest BCUT2D eigenvalue weighted by Gasteiger charge is -2.47. The fourth-order valence-electron chi connectivity index (χ4n) is 7.34. The molecule has 3 rings (SSSR count). The second kappa shape index (κ2) is 17.3. The summed E-state index contributed by atoms with van der Waals surface area (Å²) in [7, 11) is 3.06. The third-order valence-electron chi connectivity index (χ3n) is 10.5. The Morgan fingerprint density at radius 2 is 1.72 bits per heavy atom. The van der Waals surface area contributed by atoms with Gasteiger partial charge in [-0.2, -0.15) is 0 Å². The van der Waals surface area contributed by atoms with Crippen LogP contribution in [-0.4, -0.2) is 129 Å². The largest absolute Gasteiger partial charge is 0.495 e. The Labute approximate surface area is 296 Å². The lowest BCUT2D eigenvalue weighted by Crippen LogP contribution is -2.60. The number of cyclic esters (lactones) is 1. The molecule has 2 aliphatic rings. The molecule has 14 atom stereocenters. The molecule has 1 aromatic rings. The van der Waals surface area contributed by atoms with Crippen LogP contribution in [0, 0.1) is 17.8 Å². The van der Waals surface area contributed by atoms with E-state index in [1.165, 1.54) is 25.9 Å². The first-order valence-electron chi connectivity index (χ1n) is 17.7. The Bertz CT molecular complexity index is 1270. The van der Waals surface area contributed by atoms with Crippen LogP contribution < -0.4 is 15.4 Å². The summed E-state index contributed by atoms with van der Waals surface area (Å²) < 4.78 is 23.6. The number of amides is 2. The van der Waals surface area contributed by atoms with Gasteiger partial charge in [0, 0.05) is 19.0 Å². The number of benzene rings is 1. The minimum Gasteiger partial charge on any atom is -0.495 e. The maximum Gasteiger partial charge on any atom is 0.322 e. The third kappa shape index (κ3) is 9.65. The number of ether oxygens (including phenoxy) is 4. The summed E-state index contributed by atoms with van der Waals surface area (Å²) in [4.78, 5) is 28.1. The topological polar surface area (TPSA) is 200 Å². The van der Waals surface area contributed by atoms with E-state index >= 15 is 0 Å². The van der Waals surface area contributed by atoms with Gasteiger partial charge in [0.05, 0.1) is 48.7 Å². The van der Waals surface area contributed by atoms with E-state index in [-0.39, 0.29) is 25.2 Å². The van der Waals surface area contributed by atoms with Gasteiger partial charge in [-0.25, -0.2) is 4.79 Å². The number of hydrogen-bond acceptors (Lipinski definition) is 12. The molecule has 14 heteroatoms. The van der Waals surface area contributed by atoms with Crippen molar-refractivity contribution in [2.24, 2.45) is 17.8 Å².